The Labute approximate surface area is 226 Å². The molecule has 1 unspecified atom stereocenters. The maximum absolute atomic E-state index is 13.2. The van der Waals surface area contributed by atoms with E-state index < -0.39 is 6.10 Å². The fourth-order valence-electron chi connectivity index (χ4n) is 5.07. The van der Waals surface area contributed by atoms with Gasteiger partial charge in [0.2, 0.25) is 0 Å². The van der Waals surface area contributed by atoms with Crippen LogP contribution in [0.2, 0.25) is 0 Å². The van der Waals surface area contributed by atoms with E-state index in [2.05, 4.69) is 16.8 Å². The fraction of sp³-hybridized carbons (Fsp3) is 0.147. The topological polar surface area (TPSA) is 82.6 Å². The number of carbonyl (C=O) groups is 1. The zero-order valence-corrected chi connectivity index (χ0v) is 21.2. The average Bonchev–Trinajstić information content (AvgIpc) is 3.44. The number of hydrogen-bond donors (Lipinski definition) is 3. The number of aromatic amines is 1. The maximum atomic E-state index is 13.2. The number of nitrogens with one attached hydrogen (secondary N) is 1. The van der Waals surface area contributed by atoms with Gasteiger partial charge in [0.25, 0.3) is 0 Å². The highest BCUT2D eigenvalue weighted by Gasteiger charge is 2.39. The first-order valence-corrected chi connectivity index (χ1v) is 12.9. The van der Waals surface area contributed by atoms with Crippen LogP contribution in [0.15, 0.2) is 103 Å². The summed E-state index contributed by atoms with van der Waals surface area (Å²) in [5.41, 5.74) is 5.73. The lowest BCUT2D eigenvalue weighted by molar-refractivity contribution is -0.0841. The van der Waals surface area contributed by atoms with E-state index in [0.29, 0.717) is 29.9 Å². The number of hydrogen-bond acceptors (Lipinski definition) is 4. The molecule has 0 amide bonds. The molecule has 1 fully saturated rings. The van der Waals surface area contributed by atoms with Gasteiger partial charge in [0.05, 0.1) is 25.2 Å². The van der Waals surface area contributed by atoms with Gasteiger partial charge in [0, 0.05) is 34.0 Å². The van der Waals surface area contributed by atoms with Crippen molar-refractivity contribution in [2.24, 2.45) is 0 Å². The van der Waals surface area contributed by atoms with Gasteiger partial charge in [-0.1, -0.05) is 78.6 Å². The molecule has 3 N–H and O–H groups in total. The SMILES string of the molecule is O=C(c1ccccc1)C(O)c1cccc(C#Cc2ccc(C3(CO)COC3)cc2)c1-c1ccc2cc[nH]c2c1. The quantitative estimate of drug-likeness (QED) is 0.209. The minimum absolute atomic E-state index is 0.0450. The molecule has 0 aliphatic carbocycles. The number of benzene rings is 4. The number of aliphatic hydroxyl groups is 2. The van der Waals surface area contributed by atoms with Crippen LogP contribution in [0.4, 0.5) is 0 Å². The van der Waals surface area contributed by atoms with Gasteiger partial charge in [-0.3, -0.25) is 4.79 Å². The molecule has 4 aromatic carbocycles. The van der Waals surface area contributed by atoms with Crippen LogP contribution in [-0.4, -0.2) is 40.8 Å². The minimum Gasteiger partial charge on any atom is -0.395 e. The highest BCUT2D eigenvalue weighted by molar-refractivity contribution is 6.01. The normalized spacial score (nSPS) is 14.7. The molecule has 0 radical (unpaired) electrons. The van der Waals surface area contributed by atoms with Gasteiger partial charge in [-0.25, -0.2) is 0 Å². The summed E-state index contributed by atoms with van der Waals surface area (Å²) in [5.74, 6) is 6.17. The van der Waals surface area contributed by atoms with Gasteiger partial charge < -0.3 is 19.9 Å². The van der Waals surface area contributed by atoms with E-state index in [1.807, 2.05) is 72.9 Å². The number of aliphatic hydroxyl groups excluding tert-OH is 2. The van der Waals surface area contributed by atoms with Crippen molar-refractivity contribution >= 4 is 16.7 Å². The summed E-state index contributed by atoms with van der Waals surface area (Å²) in [6.07, 6.45) is 0.539. The second-order valence-corrected chi connectivity index (χ2v) is 9.94. The summed E-state index contributed by atoms with van der Waals surface area (Å²) in [7, 11) is 0. The number of rotatable bonds is 6. The standard InChI is InChI=1S/C34H27NO4/c36-20-34(21-39-22-34)28-15-10-23(11-16-28)9-12-25-7-4-8-29(33(38)32(37)26-5-2-1-3-6-26)31(25)27-14-13-24-17-18-35-30(24)19-27/h1-8,10-11,13-19,33,35-36,38H,20-22H2. The number of fused-ring (bicyclic) bond motifs is 1. The van der Waals surface area contributed by atoms with Crippen molar-refractivity contribution in [2.45, 2.75) is 11.5 Å². The Morgan fingerprint density at radius 3 is 2.44 bits per heavy atom. The Bertz CT molecular complexity index is 1700. The van der Waals surface area contributed by atoms with Crippen LogP contribution >= 0.6 is 0 Å². The zero-order chi connectivity index (χ0) is 26.8. The smallest absolute Gasteiger partial charge is 0.195 e. The largest absolute Gasteiger partial charge is 0.395 e. The lowest BCUT2D eigenvalue weighted by Gasteiger charge is -2.40. The highest BCUT2D eigenvalue weighted by atomic mass is 16.5. The molecule has 1 saturated heterocycles. The molecule has 0 saturated carbocycles. The maximum Gasteiger partial charge on any atom is 0.195 e. The molecule has 1 atom stereocenters. The Balaban J connectivity index is 1.42. The zero-order valence-electron chi connectivity index (χ0n) is 21.2. The van der Waals surface area contributed by atoms with Crippen LogP contribution in [0.25, 0.3) is 22.0 Å². The monoisotopic (exact) mass is 513 g/mol. The first-order valence-electron chi connectivity index (χ1n) is 12.9. The molecule has 5 aromatic rings. The molecule has 0 spiro atoms. The minimum atomic E-state index is -1.35. The fourth-order valence-corrected chi connectivity index (χ4v) is 5.07. The molecule has 192 valence electrons. The molecule has 2 heterocycles. The van der Waals surface area contributed by atoms with E-state index >= 15 is 0 Å². The van der Waals surface area contributed by atoms with Gasteiger partial charge in [0.15, 0.2) is 5.78 Å². The van der Waals surface area contributed by atoms with Crippen LogP contribution in [0.3, 0.4) is 0 Å². The molecular weight excluding hydrogens is 486 g/mol. The van der Waals surface area contributed by atoms with Crippen molar-refractivity contribution in [3.8, 4) is 23.0 Å². The van der Waals surface area contributed by atoms with Crippen molar-refractivity contribution in [1.82, 2.24) is 4.98 Å². The number of ether oxygens (including phenoxy) is 1. The number of aromatic nitrogens is 1. The van der Waals surface area contributed by atoms with Gasteiger partial charge in [0.1, 0.15) is 6.10 Å². The number of Topliss-reactive ketones (excluding diaryl/α,β-unsaturated/α-hetero) is 1. The van der Waals surface area contributed by atoms with E-state index in [-0.39, 0.29) is 17.8 Å². The second kappa shape index (κ2) is 10.4. The molecule has 5 nitrogen and oxygen atoms in total. The molecule has 5 heteroatoms. The molecule has 1 aliphatic rings. The first-order chi connectivity index (χ1) is 19.1. The number of ketones is 1. The third-order valence-electron chi connectivity index (χ3n) is 7.44. The summed E-state index contributed by atoms with van der Waals surface area (Å²) in [4.78, 5) is 16.5. The van der Waals surface area contributed by atoms with E-state index in [1.165, 1.54) is 0 Å². The molecule has 39 heavy (non-hydrogen) atoms. The van der Waals surface area contributed by atoms with Crippen LogP contribution < -0.4 is 0 Å². The van der Waals surface area contributed by atoms with Gasteiger partial charge in [-0.15, -0.1) is 0 Å². The van der Waals surface area contributed by atoms with E-state index in [1.54, 1.807) is 30.3 Å². The predicted octanol–water partition coefficient (Wildman–Crippen LogP) is 5.41. The third kappa shape index (κ3) is 4.67. The van der Waals surface area contributed by atoms with E-state index in [0.717, 1.165) is 33.2 Å². The van der Waals surface area contributed by atoms with Crippen molar-refractivity contribution in [2.75, 3.05) is 19.8 Å². The Hall–Kier alpha value is -4.47. The summed E-state index contributed by atoms with van der Waals surface area (Å²) in [6, 6.07) is 30.2. The van der Waals surface area contributed by atoms with Crippen LogP contribution in [0.5, 0.6) is 0 Å². The average molecular weight is 514 g/mol. The molecule has 6 rings (SSSR count). The van der Waals surface area contributed by atoms with Crippen molar-refractivity contribution < 1.29 is 19.7 Å². The Morgan fingerprint density at radius 1 is 0.923 bits per heavy atom. The van der Waals surface area contributed by atoms with Crippen molar-refractivity contribution in [3.05, 3.63) is 131 Å². The van der Waals surface area contributed by atoms with Gasteiger partial charge in [-0.2, -0.15) is 0 Å². The van der Waals surface area contributed by atoms with Crippen molar-refractivity contribution in [3.63, 3.8) is 0 Å². The highest BCUT2D eigenvalue weighted by Crippen LogP contribution is 2.35. The third-order valence-corrected chi connectivity index (χ3v) is 7.44. The summed E-state index contributed by atoms with van der Waals surface area (Å²) < 4.78 is 5.34. The number of H-pyrrole nitrogens is 1. The molecular formula is C34H27NO4. The van der Waals surface area contributed by atoms with E-state index in [9.17, 15) is 15.0 Å². The molecule has 0 bridgehead atoms. The first kappa shape index (κ1) is 24.8. The Kier molecular flexibility index (Phi) is 6.60. The van der Waals surface area contributed by atoms with Crippen molar-refractivity contribution in [1.29, 1.82) is 0 Å². The van der Waals surface area contributed by atoms with E-state index in [4.69, 9.17) is 4.74 Å². The van der Waals surface area contributed by atoms with Crippen LogP contribution in [-0.2, 0) is 10.2 Å². The van der Waals surface area contributed by atoms with Gasteiger partial charge in [-0.05, 0) is 52.4 Å². The summed E-state index contributed by atoms with van der Waals surface area (Å²) in [5, 5.41) is 22.2. The molecule has 1 aromatic heterocycles. The van der Waals surface area contributed by atoms with Crippen LogP contribution in [0.1, 0.15) is 38.7 Å². The Morgan fingerprint density at radius 2 is 1.72 bits per heavy atom. The summed E-state index contributed by atoms with van der Waals surface area (Å²) >= 11 is 0. The lowest BCUT2D eigenvalue weighted by Crippen LogP contribution is -2.49. The predicted molar refractivity (Wildman–Crippen MR) is 151 cm³/mol. The summed E-state index contributed by atoms with van der Waals surface area (Å²) in [6.45, 7) is 1.07. The lowest BCUT2D eigenvalue weighted by atomic mass is 9.79. The van der Waals surface area contributed by atoms with Crippen LogP contribution in [0, 0.1) is 11.8 Å². The van der Waals surface area contributed by atoms with Gasteiger partial charge >= 0.3 is 0 Å². The second-order valence-electron chi connectivity index (χ2n) is 9.94. The molecule has 1 aliphatic heterocycles. The number of carbonyl (C=O) groups excluding carboxylic acids is 1.